The number of para-hydroxylation sites is 1. The second-order valence-electron chi connectivity index (χ2n) is 7.12. The maximum atomic E-state index is 13.0. The van der Waals surface area contributed by atoms with E-state index in [0.29, 0.717) is 34.5 Å². The van der Waals surface area contributed by atoms with E-state index >= 15 is 0 Å². The molecule has 4 aromatic rings. The molecule has 0 saturated carbocycles. The number of thiazole rings is 1. The Hall–Kier alpha value is -2.95. The average molecular weight is 505 g/mol. The van der Waals surface area contributed by atoms with Crippen LogP contribution in [0.25, 0.3) is 16.4 Å². The van der Waals surface area contributed by atoms with Crippen molar-refractivity contribution in [2.24, 2.45) is 0 Å². The Morgan fingerprint density at radius 1 is 1.03 bits per heavy atom. The van der Waals surface area contributed by atoms with Gasteiger partial charge in [-0.15, -0.1) is 21.5 Å². The lowest BCUT2D eigenvalue weighted by molar-refractivity contribution is 0.391. The van der Waals surface area contributed by atoms with Crippen LogP contribution in [0.2, 0.25) is 5.02 Å². The third kappa shape index (κ3) is 5.18. The van der Waals surface area contributed by atoms with Gasteiger partial charge in [-0.25, -0.2) is 8.42 Å². The largest absolute Gasteiger partial charge is 0.494 e. The van der Waals surface area contributed by atoms with Gasteiger partial charge in [0.15, 0.2) is 21.5 Å². The van der Waals surface area contributed by atoms with Crippen LogP contribution in [0.5, 0.6) is 11.5 Å². The Morgan fingerprint density at radius 3 is 2.33 bits per heavy atom. The molecule has 0 spiro atoms. The lowest BCUT2D eigenvalue weighted by Gasteiger charge is -2.17. The summed E-state index contributed by atoms with van der Waals surface area (Å²) in [5.74, 6) is 1.38. The molecule has 0 amide bonds. The zero-order valence-electron chi connectivity index (χ0n) is 17.9. The van der Waals surface area contributed by atoms with Crippen LogP contribution in [0.15, 0.2) is 54.2 Å². The van der Waals surface area contributed by atoms with Crippen LogP contribution in [0.4, 0.5) is 0 Å². The van der Waals surface area contributed by atoms with E-state index in [2.05, 4.69) is 15.2 Å². The van der Waals surface area contributed by atoms with Gasteiger partial charge in [-0.3, -0.25) is 9.55 Å². The first kappa shape index (κ1) is 23.2. The van der Waals surface area contributed by atoms with E-state index in [1.54, 1.807) is 46.6 Å². The van der Waals surface area contributed by atoms with Crippen molar-refractivity contribution >= 4 is 32.8 Å². The number of aryl methyl sites for hydroxylation is 1. The molecule has 0 aliphatic carbocycles. The van der Waals surface area contributed by atoms with Crippen molar-refractivity contribution in [3.63, 3.8) is 0 Å². The summed E-state index contributed by atoms with van der Waals surface area (Å²) in [6.07, 6.45) is 2.03. The molecule has 0 unspecified atom stereocenters. The van der Waals surface area contributed by atoms with Crippen LogP contribution in [0.3, 0.4) is 0 Å². The van der Waals surface area contributed by atoms with Crippen LogP contribution in [-0.4, -0.2) is 48.1 Å². The highest BCUT2D eigenvalue weighted by Crippen LogP contribution is 2.37. The SMILES string of the molecule is COc1cccc(OC)c1-n1c(CS(=O)(=O)CCc2ccc(Cl)cc2)nnc1-c1cncs1. The Bertz CT molecular complexity index is 1320. The summed E-state index contributed by atoms with van der Waals surface area (Å²) in [6.45, 7) is 0. The summed E-state index contributed by atoms with van der Waals surface area (Å²) >= 11 is 7.29. The fraction of sp³-hybridized carbons (Fsp3) is 0.227. The van der Waals surface area contributed by atoms with Gasteiger partial charge in [0.2, 0.25) is 0 Å². The van der Waals surface area contributed by atoms with E-state index in [9.17, 15) is 8.42 Å². The second kappa shape index (κ2) is 9.90. The Morgan fingerprint density at radius 2 is 1.73 bits per heavy atom. The van der Waals surface area contributed by atoms with E-state index in [1.165, 1.54) is 25.6 Å². The third-order valence-electron chi connectivity index (χ3n) is 4.97. The van der Waals surface area contributed by atoms with Crippen molar-refractivity contribution in [1.29, 1.82) is 0 Å². The maximum absolute atomic E-state index is 13.0. The lowest BCUT2D eigenvalue weighted by Crippen LogP contribution is -2.16. The van der Waals surface area contributed by atoms with E-state index in [4.69, 9.17) is 21.1 Å². The van der Waals surface area contributed by atoms with Gasteiger partial charge in [-0.2, -0.15) is 0 Å². The highest BCUT2D eigenvalue weighted by atomic mass is 35.5. The van der Waals surface area contributed by atoms with Crippen molar-refractivity contribution in [1.82, 2.24) is 19.7 Å². The highest BCUT2D eigenvalue weighted by molar-refractivity contribution is 7.90. The topological polar surface area (TPSA) is 96.2 Å². The number of aromatic nitrogens is 4. The van der Waals surface area contributed by atoms with Crippen molar-refractivity contribution in [3.8, 4) is 27.9 Å². The lowest BCUT2D eigenvalue weighted by atomic mass is 10.2. The number of benzene rings is 2. The summed E-state index contributed by atoms with van der Waals surface area (Å²) in [5, 5.41) is 9.13. The fourth-order valence-electron chi connectivity index (χ4n) is 3.38. The number of hydrogen-bond acceptors (Lipinski definition) is 8. The standard InChI is InChI=1S/C22H21ClN4O4S2/c1-30-17-4-3-5-18(31-2)21(17)27-20(25-26-22(27)19-12-24-14-32-19)13-33(28,29)11-10-15-6-8-16(23)9-7-15/h3-9,12,14H,10-11,13H2,1-2H3. The molecule has 0 aliphatic rings. The molecule has 2 heterocycles. The quantitative estimate of drug-likeness (QED) is 0.336. The monoisotopic (exact) mass is 504 g/mol. The van der Waals surface area contributed by atoms with Gasteiger partial charge >= 0.3 is 0 Å². The normalized spacial score (nSPS) is 11.5. The van der Waals surface area contributed by atoms with Gasteiger partial charge in [0.1, 0.15) is 22.9 Å². The summed E-state index contributed by atoms with van der Waals surface area (Å²) in [6, 6.07) is 12.5. The molecule has 8 nitrogen and oxygen atoms in total. The molecule has 0 radical (unpaired) electrons. The van der Waals surface area contributed by atoms with Crippen LogP contribution in [0.1, 0.15) is 11.4 Å². The average Bonchev–Trinajstić information content (AvgIpc) is 3.48. The predicted octanol–water partition coefficient (Wildman–Crippen LogP) is 4.22. The van der Waals surface area contributed by atoms with E-state index in [0.717, 1.165) is 10.4 Å². The van der Waals surface area contributed by atoms with Gasteiger partial charge in [0.05, 0.1) is 30.4 Å². The summed E-state index contributed by atoms with van der Waals surface area (Å²) in [7, 11) is -0.440. The van der Waals surface area contributed by atoms with Crippen molar-refractivity contribution < 1.29 is 17.9 Å². The second-order valence-corrected chi connectivity index (χ2v) is 10.6. The summed E-state index contributed by atoms with van der Waals surface area (Å²) in [4.78, 5) is 4.86. The first-order chi connectivity index (χ1) is 15.9. The number of nitrogens with zero attached hydrogens (tertiary/aromatic N) is 4. The molecule has 172 valence electrons. The van der Waals surface area contributed by atoms with Crippen LogP contribution in [0, 0.1) is 0 Å². The Balaban J connectivity index is 1.73. The number of ether oxygens (including phenoxy) is 2. The zero-order chi connectivity index (χ0) is 23.4. The molecular formula is C22H21ClN4O4S2. The Labute approximate surface area is 200 Å². The number of hydrogen-bond donors (Lipinski definition) is 0. The third-order valence-corrected chi connectivity index (χ3v) is 7.52. The molecule has 2 aromatic carbocycles. The smallest absolute Gasteiger partial charge is 0.180 e. The molecule has 4 rings (SSSR count). The van der Waals surface area contributed by atoms with Gasteiger partial charge in [-0.05, 0) is 36.2 Å². The molecule has 0 bridgehead atoms. The minimum Gasteiger partial charge on any atom is -0.494 e. The predicted molar refractivity (Wildman–Crippen MR) is 128 cm³/mol. The molecule has 0 N–H and O–H groups in total. The first-order valence-corrected chi connectivity index (χ1v) is 13.0. The highest BCUT2D eigenvalue weighted by Gasteiger charge is 2.26. The number of halogens is 1. The minimum atomic E-state index is -3.52. The number of methoxy groups -OCH3 is 2. The maximum Gasteiger partial charge on any atom is 0.180 e. The van der Waals surface area contributed by atoms with Crippen molar-refractivity contribution in [2.45, 2.75) is 12.2 Å². The number of rotatable bonds is 9. The van der Waals surface area contributed by atoms with Crippen LogP contribution in [-0.2, 0) is 22.0 Å². The van der Waals surface area contributed by atoms with Crippen LogP contribution < -0.4 is 9.47 Å². The van der Waals surface area contributed by atoms with E-state index in [-0.39, 0.29) is 17.3 Å². The molecule has 0 fully saturated rings. The zero-order valence-corrected chi connectivity index (χ0v) is 20.3. The number of sulfone groups is 1. The van der Waals surface area contributed by atoms with Crippen LogP contribution >= 0.6 is 22.9 Å². The molecule has 33 heavy (non-hydrogen) atoms. The van der Waals surface area contributed by atoms with Gasteiger partial charge in [0.25, 0.3) is 0 Å². The van der Waals surface area contributed by atoms with Crippen molar-refractivity contribution in [3.05, 3.63) is 70.6 Å². The molecule has 11 heteroatoms. The summed E-state index contributed by atoms with van der Waals surface area (Å²) in [5.41, 5.74) is 3.09. The fourth-order valence-corrected chi connectivity index (χ4v) is 5.37. The molecule has 2 aromatic heterocycles. The summed E-state index contributed by atoms with van der Waals surface area (Å²) < 4.78 is 38.9. The van der Waals surface area contributed by atoms with E-state index in [1.807, 2.05) is 12.1 Å². The van der Waals surface area contributed by atoms with Gasteiger partial charge in [0, 0.05) is 11.2 Å². The Kier molecular flexibility index (Phi) is 6.96. The van der Waals surface area contributed by atoms with E-state index < -0.39 is 9.84 Å². The minimum absolute atomic E-state index is 0.0412. The molecule has 0 atom stereocenters. The van der Waals surface area contributed by atoms with Crippen molar-refractivity contribution in [2.75, 3.05) is 20.0 Å². The first-order valence-electron chi connectivity index (χ1n) is 9.91. The molecule has 0 saturated heterocycles. The van der Waals surface area contributed by atoms with Gasteiger partial charge < -0.3 is 9.47 Å². The van der Waals surface area contributed by atoms with Gasteiger partial charge in [-0.1, -0.05) is 29.8 Å². The molecular weight excluding hydrogens is 484 g/mol. The molecule has 0 aliphatic heterocycles.